The third kappa shape index (κ3) is 3.07. The molecule has 10 rings (SSSR count). The fourth-order valence-electron chi connectivity index (χ4n) is 7.29. The molecule has 0 aliphatic heterocycles. The number of benzene rings is 7. The minimum Gasteiger partial charge on any atom is -0.308 e. The molecule has 0 fully saturated rings. The van der Waals surface area contributed by atoms with E-state index in [0.717, 1.165) is 0 Å². The van der Waals surface area contributed by atoms with Crippen molar-refractivity contribution < 1.29 is 0 Å². The van der Waals surface area contributed by atoms with Crippen LogP contribution in [0.4, 0.5) is 0 Å². The molecular formula is C40H24N2S. The van der Waals surface area contributed by atoms with Gasteiger partial charge in [0, 0.05) is 32.6 Å². The van der Waals surface area contributed by atoms with Gasteiger partial charge in [-0.15, -0.1) is 11.3 Å². The molecule has 3 aromatic heterocycles. The zero-order chi connectivity index (χ0) is 28.1. The molecule has 0 N–H and O–H groups in total. The largest absolute Gasteiger partial charge is 0.308 e. The molecular weight excluding hydrogens is 541 g/mol. The minimum absolute atomic E-state index is 1.19. The van der Waals surface area contributed by atoms with E-state index in [2.05, 4.69) is 155 Å². The topological polar surface area (TPSA) is 9.86 Å². The van der Waals surface area contributed by atoms with Gasteiger partial charge in [-0.05, 0) is 46.5 Å². The van der Waals surface area contributed by atoms with Gasteiger partial charge in [-0.25, -0.2) is 0 Å². The number of fused-ring (bicyclic) bond motifs is 12. The summed E-state index contributed by atoms with van der Waals surface area (Å²) in [5.41, 5.74) is 7.47. The Kier molecular flexibility index (Phi) is 4.63. The van der Waals surface area contributed by atoms with Crippen molar-refractivity contribution in [2.24, 2.45) is 0 Å². The third-order valence-corrected chi connectivity index (χ3v) is 10.3. The van der Waals surface area contributed by atoms with Gasteiger partial charge >= 0.3 is 0 Å². The standard InChI is InChI=1S/C40H24N2S/c1-2-13-26(14-3-1)41-35-21-11-9-19-32(35)39-38(41)33-23-22-31-30-18-8-10-20-34(30)42(37(31)40(33)43-39)36-24-25-12-4-5-15-27(25)28-16-6-7-17-29(28)36/h1-24H. The highest BCUT2D eigenvalue weighted by atomic mass is 32.1. The van der Waals surface area contributed by atoms with Crippen LogP contribution in [0.3, 0.4) is 0 Å². The molecule has 2 nitrogen and oxygen atoms in total. The van der Waals surface area contributed by atoms with Gasteiger partial charge in [0.1, 0.15) is 0 Å². The van der Waals surface area contributed by atoms with Crippen molar-refractivity contribution in [3.63, 3.8) is 0 Å². The minimum atomic E-state index is 1.19. The van der Waals surface area contributed by atoms with E-state index in [1.807, 2.05) is 11.3 Å². The van der Waals surface area contributed by atoms with Crippen LogP contribution in [0.2, 0.25) is 0 Å². The van der Waals surface area contributed by atoms with E-state index in [9.17, 15) is 0 Å². The molecule has 43 heavy (non-hydrogen) atoms. The molecule has 3 heteroatoms. The molecule has 3 heterocycles. The smallest absolute Gasteiger partial charge is 0.0728 e. The molecule has 7 aromatic carbocycles. The highest BCUT2D eigenvalue weighted by Crippen LogP contribution is 2.47. The van der Waals surface area contributed by atoms with E-state index in [-0.39, 0.29) is 0 Å². The molecule has 0 bridgehead atoms. The highest BCUT2D eigenvalue weighted by Gasteiger charge is 2.23. The number of nitrogens with zero attached hydrogens (tertiary/aromatic N) is 2. The van der Waals surface area contributed by atoms with Crippen molar-refractivity contribution >= 4 is 85.9 Å². The Balaban J connectivity index is 1.44. The fraction of sp³-hybridized carbons (Fsp3) is 0. The van der Waals surface area contributed by atoms with Crippen LogP contribution in [0.5, 0.6) is 0 Å². The van der Waals surface area contributed by atoms with Gasteiger partial charge in [0.25, 0.3) is 0 Å². The summed E-state index contributed by atoms with van der Waals surface area (Å²) >= 11 is 1.93. The number of hydrogen-bond donors (Lipinski definition) is 0. The monoisotopic (exact) mass is 564 g/mol. The summed E-state index contributed by atoms with van der Waals surface area (Å²) in [5, 5.41) is 10.3. The Morgan fingerprint density at radius 1 is 0.372 bits per heavy atom. The number of hydrogen-bond acceptors (Lipinski definition) is 1. The molecule has 0 aliphatic rings. The van der Waals surface area contributed by atoms with Crippen LogP contribution in [-0.4, -0.2) is 9.13 Å². The van der Waals surface area contributed by atoms with Crippen LogP contribution in [0.15, 0.2) is 146 Å². The average molecular weight is 565 g/mol. The lowest BCUT2D eigenvalue weighted by atomic mass is 10.00. The first kappa shape index (κ1) is 23.2. The summed E-state index contributed by atoms with van der Waals surface area (Å²) in [6, 6.07) is 53.2. The van der Waals surface area contributed by atoms with Crippen LogP contribution in [0.1, 0.15) is 0 Å². The van der Waals surface area contributed by atoms with Crippen LogP contribution in [-0.2, 0) is 0 Å². The van der Waals surface area contributed by atoms with Gasteiger partial charge in [0.2, 0.25) is 0 Å². The number of rotatable bonds is 2. The summed E-state index contributed by atoms with van der Waals surface area (Å²) in [6.07, 6.45) is 0. The van der Waals surface area contributed by atoms with Crippen molar-refractivity contribution in [2.45, 2.75) is 0 Å². The molecule has 0 saturated carbocycles. The van der Waals surface area contributed by atoms with E-state index in [4.69, 9.17) is 0 Å². The van der Waals surface area contributed by atoms with Gasteiger partial charge < -0.3 is 9.13 Å². The highest BCUT2D eigenvalue weighted by molar-refractivity contribution is 7.27. The fourth-order valence-corrected chi connectivity index (χ4v) is 8.65. The predicted molar refractivity (Wildman–Crippen MR) is 186 cm³/mol. The lowest BCUT2D eigenvalue weighted by molar-refractivity contribution is 1.19. The molecule has 0 amide bonds. The molecule has 0 atom stereocenters. The third-order valence-electron chi connectivity index (χ3n) is 9.08. The zero-order valence-electron chi connectivity index (χ0n) is 23.2. The Bertz CT molecular complexity index is 2720. The van der Waals surface area contributed by atoms with Gasteiger partial charge in [-0.3, -0.25) is 0 Å². The SMILES string of the molecule is c1ccc(-n2c3ccccc3c3sc4c(ccc5c6ccccc6n(-c6cc7ccccc7c7ccccc67)c54)c32)cc1. The van der Waals surface area contributed by atoms with Crippen molar-refractivity contribution in [1.82, 2.24) is 9.13 Å². The van der Waals surface area contributed by atoms with E-state index in [1.165, 1.54) is 85.9 Å². The first-order chi connectivity index (χ1) is 21.4. The van der Waals surface area contributed by atoms with Crippen molar-refractivity contribution in [3.8, 4) is 11.4 Å². The summed E-state index contributed by atoms with van der Waals surface area (Å²) < 4.78 is 7.65. The van der Waals surface area contributed by atoms with Crippen molar-refractivity contribution in [2.75, 3.05) is 0 Å². The molecule has 0 spiro atoms. The van der Waals surface area contributed by atoms with Crippen molar-refractivity contribution in [1.29, 1.82) is 0 Å². The molecule has 0 unspecified atom stereocenters. The first-order valence-electron chi connectivity index (χ1n) is 14.7. The molecule has 0 radical (unpaired) electrons. The molecule has 200 valence electrons. The maximum atomic E-state index is 2.53. The van der Waals surface area contributed by atoms with Gasteiger partial charge in [-0.1, -0.05) is 115 Å². The number of aromatic nitrogens is 2. The molecule has 0 saturated heterocycles. The van der Waals surface area contributed by atoms with Crippen LogP contribution in [0.25, 0.3) is 85.9 Å². The number of para-hydroxylation sites is 3. The van der Waals surface area contributed by atoms with E-state index < -0.39 is 0 Å². The van der Waals surface area contributed by atoms with Crippen LogP contribution >= 0.6 is 11.3 Å². The average Bonchev–Trinajstić information content (AvgIpc) is 3.72. The Morgan fingerprint density at radius 3 is 1.74 bits per heavy atom. The lowest BCUT2D eigenvalue weighted by Gasteiger charge is -2.14. The van der Waals surface area contributed by atoms with Gasteiger partial charge in [0.15, 0.2) is 0 Å². The van der Waals surface area contributed by atoms with E-state index in [0.29, 0.717) is 0 Å². The predicted octanol–water partition coefficient (Wildman–Crippen LogP) is 11.4. The van der Waals surface area contributed by atoms with Gasteiger partial charge in [-0.2, -0.15) is 0 Å². The Labute approximate surface area is 251 Å². The quantitative estimate of drug-likeness (QED) is 0.185. The van der Waals surface area contributed by atoms with Gasteiger partial charge in [0.05, 0.1) is 37.2 Å². The van der Waals surface area contributed by atoms with Crippen LogP contribution < -0.4 is 0 Å². The second kappa shape index (κ2) is 8.57. The lowest BCUT2D eigenvalue weighted by Crippen LogP contribution is -1.96. The molecule has 10 aromatic rings. The second-order valence-corrected chi connectivity index (χ2v) is 12.3. The zero-order valence-corrected chi connectivity index (χ0v) is 24.0. The van der Waals surface area contributed by atoms with E-state index in [1.54, 1.807) is 0 Å². The first-order valence-corrected chi connectivity index (χ1v) is 15.5. The molecule has 0 aliphatic carbocycles. The Morgan fingerprint density at radius 2 is 0.930 bits per heavy atom. The summed E-state index contributed by atoms with van der Waals surface area (Å²) in [4.78, 5) is 0. The van der Waals surface area contributed by atoms with Crippen LogP contribution in [0, 0.1) is 0 Å². The summed E-state index contributed by atoms with van der Waals surface area (Å²) in [7, 11) is 0. The normalized spacial score (nSPS) is 12.2. The Hall–Kier alpha value is -5.38. The van der Waals surface area contributed by atoms with E-state index >= 15 is 0 Å². The summed E-state index contributed by atoms with van der Waals surface area (Å²) in [5.74, 6) is 0. The summed E-state index contributed by atoms with van der Waals surface area (Å²) in [6.45, 7) is 0. The maximum Gasteiger partial charge on any atom is 0.0728 e. The van der Waals surface area contributed by atoms with Crippen molar-refractivity contribution in [3.05, 3.63) is 146 Å². The number of thiophene rings is 1. The maximum absolute atomic E-state index is 2.53. The second-order valence-electron chi connectivity index (χ2n) is 11.3.